The summed E-state index contributed by atoms with van der Waals surface area (Å²) in [6.07, 6.45) is 9.39. The second kappa shape index (κ2) is 6.18. The second-order valence-electron chi connectivity index (χ2n) is 6.69. The number of amides is 1. The van der Waals surface area contributed by atoms with Crippen LogP contribution in [0, 0.1) is 5.92 Å². The van der Waals surface area contributed by atoms with Gasteiger partial charge < -0.3 is 10.6 Å². The molecule has 0 aromatic heterocycles. The average molecular weight is 286 g/mol. The summed E-state index contributed by atoms with van der Waals surface area (Å²) in [4.78, 5) is 13.5. The zero-order valence-electron chi connectivity index (χ0n) is 13.0. The van der Waals surface area contributed by atoms with Crippen LogP contribution in [-0.2, 0) is 11.2 Å². The highest BCUT2D eigenvalue weighted by Gasteiger charge is 2.23. The van der Waals surface area contributed by atoms with Gasteiger partial charge in [-0.15, -0.1) is 0 Å². The minimum atomic E-state index is 0.140. The molecule has 0 saturated heterocycles. The van der Waals surface area contributed by atoms with Crippen LogP contribution in [0.2, 0.25) is 0 Å². The number of rotatable bonds is 3. The van der Waals surface area contributed by atoms with E-state index in [0.717, 1.165) is 24.4 Å². The number of hydrogen-bond donors (Lipinski definition) is 1. The first kappa shape index (κ1) is 14.6. The molecular weight excluding hydrogens is 260 g/mol. The Bertz CT molecular complexity index is 520. The van der Waals surface area contributed by atoms with Gasteiger partial charge in [-0.3, -0.25) is 4.79 Å². The first-order valence-corrected chi connectivity index (χ1v) is 8.30. The smallest absolute Gasteiger partial charge is 0.227 e. The zero-order valence-corrected chi connectivity index (χ0v) is 13.0. The van der Waals surface area contributed by atoms with Crippen LogP contribution in [0.4, 0.5) is 5.69 Å². The Morgan fingerprint density at radius 1 is 1.24 bits per heavy atom. The van der Waals surface area contributed by atoms with Gasteiger partial charge in [0, 0.05) is 25.2 Å². The predicted molar refractivity (Wildman–Crippen MR) is 86.3 cm³/mol. The van der Waals surface area contributed by atoms with Crippen molar-refractivity contribution in [3.63, 3.8) is 0 Å². The number of aryl methyl sites for hydroxylation is 1. The van der Waals surface area contributed by atoms with Gasteiger partial charge in [-0.25, -0.2) is 0 Å². The number of carbonyl (C=O) groups is 1. The van der Waals surface area contributed by atoms with Gasteiger partial charge in [0.25, 0.3) is 0 Å². The first-order chi connectivity index (χ1) is 10.1. The first-order valence-electron chi connectivity index (χ1n) is 8.30. The Morgan fingerprint density at radius 3 is 2.76 bits per heavy atom. The van der Waals surface area contributed by atoms with Crippen LogP contribution < -0.4 is 10.6 Å². The Kier molecular flexibility index (Phi) is 4.29. The number of hydrogen-bond acceptors (Lipinski definition) is 2. The molecule has 1 atom stereocenters. The molecule has 1 heterocycles. The topological polar surface area (TPSA) is 46.3 Å². The van der Waals surface area contributed by atoms with Crippen molar-refractivity contribution in [2.24, 2.45) is 11.7 Å². The fourth-order valence-corrected chi connectivity index (χ4v) is 3.83. The molecule has 0 bridgehead atoms. The van der Waals surface area contributed by atoms with Crippen LogP contribution >= 0.6 is 0 Å². The highest BCUT2D eigenvalue weighted by atomic mass is 16.2. The molecule has 3 nitrogen and oxygen atoms in total. The van der Waals surface area contributed by atoms with E-state index in [-0.39, 0.29) is 11.9 Å². The number of anilines is 1. The third-order valence-corrected chi connectivity index (χ3v) is 5.19. The van der Waals surface area contributed by atoms with Crippen molar-refractivity contribution in [3.05, 3.63) is 29.3 Å². The molecule has 1 aromatic rings. The van der Waals surface area contributed by atoms with Gasteiger partial charge >= 0.3 is 0 Å². The SMILES string of the molecule is CN1C(=O)CCc2cc(C(N)CC3CCCCC3)ccc21. The Balaban J connectivity index is 1.72. The molecule has 2 N–H and O–H groups in total. The van der Waals surface area contributed by atoms with Crippen LogP contribution in [0.1, 0.15) is 62.1 Å². The van der Waals surface area contributed by atoms with Crippen molar-refractivity contribution in [2.45, 2.75) is 57.4 Å². The van der Waals surface area contributed by atoms with E-state index in [1.165, 1.54) is 43.2 Å². The van der Waals surface area contributed by atoms with E-state index in [2.05, 4.69) is 18.2 Å². The van der Waals surface area contributed by atoms with E-state index >= 15 is 0 Å². The molecule has 1 amide bonds. The number of fused-ring (bicyclic) bond motifs is 1. The van der Waals surface area contributed by atoms with Gasteiger partial charge in [-0.1, -0.05) is 44.2 Å². The summed E-state index contributed by atoms with van der Waals surface area (Å²) in [5.74, 6) is 1.01. The lowest BCUT2D eigenvalue weighted by Gasteiger charge is -2.28. The number of nitrogens with zero attached hydrogens (tertiary/aromatic N) is 1. The molecule has 1 fully saturated rings. The predicted octanol–water partition coefficient (Wildman–Crippen LogP) is 3.57. The van der Waals surface area contributed by atoms with Gasteiger partial charge in [-0.2, -0.15) is 0 Å². The summed E-state index contributed by atoms with van der Waals surface area (Å²) in [5.41, 5.74) is 10.0. The maximum atomic E-state index is 11.7. The van der Waals surface area contributed by atoms with Gasteiger partial charge in [0.1, 0.15) is 0 Å². The van der Waals surface area contributed by atoms with Crippen LogP contribution in [-0.4, -0.2) is 13.0 Å². The van der Waals surface area contributed by atoms with E-state index in [9.17, 15) is 4.79 Å². The second-order valence-corrected chi connectivity index (χ2v) is 6.69. The molecule has 1 aromatic carbocycles. The molecule has 1 aliphatic heterocycles. The highest BCUT2D eigenvalue weighted by Crippen LogP contribution is 2.33. The molecule has 3 heteroatoms. The van der Waals surface area contributed by atoms with Crippen molar-refractivity contribution < 1.29 is 4.79 Å². The Hall–Kier alpha value is -1.35. The van der Waals surface area contributed by atoms with Crippen LogP contribution in [0.5, 0.6) is 0 Å². The Labute approximate surface area is 127 Å². The lowest BCUT2D eigenvalue weighted by Crippen LogP contribution is -2.31. The van der Waals surface area contributed by atoms with Crippen LogP contribution in [0.15, 0.2) is 18.2 Å². The number of benzene rings is 1. The normalized spacial score (nSPS) is 21.2. The van der Waals surface area contributed by atoms with Gasteiger partial charge in [0.05, 0.1) is 0 Å². The minimum Gasteiger partial charge on any atom is -0.324 e. The third-order valence-electron chi connectivity index (χ3n) is 5.19. The average Bonchev–Trinajstić information content (AvgIpc) is 2.51. The van der Waals surface area contributed by atoms with Crippen LogP contribution in [0.25, 0.3) is 0 Å². The fraction of sp³-hybridized carbons (Fsp3) is 0.611. The summed E-state index contributed by atoms with van der Waals surface area (Å²) < 4.78 is 0. The molecule has 0 spiro atoms. The van der Waals surface area contributed by atoms with E-state index < -0.39 is 0 Å². The molecule has 1 saturated carbocycles. The van der Waals surface area contributed by atoms with Crippen molar-refractivity contribution in [1.29, 1.82) is 0 Å². The van der Waals surface area contributed by atoms with Gasteiger partial charge in [0.2, 0.25) is 5.91 Å². The molecule has 0 radical (unpaired) electrons. The maximum absolute atomic E-state index is 11.7. The lowest BCUT2D eigenvalue weighted by molar-refractivity contribution is -0.118. The summed E-state index contributed by atoms with van der Waals surface area (Å²) >= 11 is 0. The molecule has 3 rings (SSSR count). The van der Waals surface area contributed by atoms with E-state index in [1.807, 2.05) is 7.05 Å². The van der Waals surface area contributed by atoms with Crippen LogP contribution in [0.3, 0.4) is 0 Å². The molecule has 21 heavy (non-hydrogen) atoms. The third kappa shape index (κ3) is 3.13. The maximum Gasteiger partial charge on any atom is 0.227 e. The molecule has 114 valence electrons. The molecule has 1 unspecified atom stereocenters. The molecule has 2 aliphatic rings. The van der Waals surface area contributed by atoms with Crippen molar-refractivity contribution in [3.8, 4) is 0 Å². The largest absolute Gasteiger partial charge is 0.324 e. The van der Waals surface area contributed by atoms with Gasteiger partial charge in [0.15, 0.2) is 0 Å². The molecular formula is C18H26N2O. The summed E-state index contributed by atoms with van der Waals surface area (Å²) in [5, 5.41) is 0. The quantitative estimate of drug-likeness (QED) is 0.923. The summed E-state index contributed by atoms with van der Waals surface area (Å²) in [6.45, 7) is 0. The number of nitrogens with two attached hydrogens (primary N) is 1. The highest BCUT2D eigenvalue weighted by molar-refractivity contribution is 5.95. The number of carbonyl (C=O) groups excluding carboxylic acids is 1. The Morgan fingerprint density at radius 2 is 2.00 bits per heavy atom. The van der Waals surface area contributed by atoms with Gasteiger partial charge in [-0.05, 0) is 36.0 Å². The standard InChI is InChI=1S/C18H26N2O/c1-20-17-9-7-14(12-15(17)8-10-18(20)21)16(19)11-13-5-3-2-4-6-13/h7,9,12-13,16H,2-6,8,10-11,19H2,1H3. The van der Waals surface area contributed by atoms with E-state index in [1.54, 1.807) is 4.90 Å². The van der Waals surface area contributed by atoms with Crippen molar-refractivity contribution >= 4 is 11.6 Å². The van der Waals surface area contributed by atoms with Crippen molar-refractivity contribution in [2.75, 3.05) is 11.9 Å². The zero-order chi connectivity index (χ0) is 14.8. The molecule has 1 aliphatic carbocycles. The fourth-order valence-electron chi connectivity index (χ4n) is 3.83. The van der Waals surface area contributed by atoms with Crippen molar-refractivity contribution in [1.82, 2.24) is 0 Å². The summed E-state index contributed by atoms with van der Waals surface area (Å²) in [7, 11) is 1.86. The monoisotopic (exact) mass is 286 g/mol. The van der Waals surface area contributed by atoms with E-state index in [4.69, 9.17) is 5.73 Å². The minimum absolute atomic E-state index is 0.140. The lowest BCUT2D eigenvalue weighted by atomic mass is 9.83. The van der Waals surface area contributed by atoms with E-state index in [0.29, 0.717) is 6.42 Å². The summed E-state index contributed by atoms with van der Waals surface area (Å²) in [6, 6.07) is 6.55.